The van der Waals surface area contributed by atoms with E-state index in [2.05, 4.69) is 0 Å². The van der Waals surface area contributed by atoms with E-state index < -0.39 is 15.5 Å². The van der Waals surface area contributed by atoms with Gasteiger partial charge in [0.25, 0.3) is 11.4 Å². The van der Waals surface area contributed by atoms with Crippen LogP contribution in [0.2, 0.25) is 0 Å². The molecule has 0 aliphatic heterocycles. The van der Waals surface area contributed by atoms with Crippen molar-refractivity contribution in [3.05, 3.63) is 61.7 Å². The normalized spacial score (nSPS) is 10.6. The van der Waals surface area contributed by atoms with Crippen LogP contribution >= 0.6 is 0 Å². The van der Waals surface area contributed by atoms with E-state index in [9.17, 15) is 25.3 Å². The number of nitro groups is 2. The van der Waals surface area contributed by atoms with Crippen molar-refractivity contribution in [2.24, 2.45) is 0 Å². The molecular weight excluding hydrogens is 332 g/mol. The third-order valence-electron chi connectivity index (χ3n) is 3.40. The van der Waals surface area contributed by atoms with Crippen molar-refractivity contribution in [1.82, 2.24) is 0 Å². The van der Waals surface area contributed by atoms with E-state index in [1.807, 2.05) is 0 Å². The summed E-state index contributed by atoms with van der Waals surface area (Å²) in [6.45, 7) is 0. The molecule has 0 aliphatic rings. The fourth-order valence-corrected chi connectivity index (χ4v) is 2.13. The minimum absolute atomic E-state index is 0.150. The second-order valence-corrected chi connectivity index (χ2v) is 4.86. The lowest BCUT2D eigenvalue weighted by Gasteiger charge is -2.09. The van der Waals surface area contributed by atoms with Gasteiger partial charge in [-0.15, -0.1) is 0 Å². The summed E-state index contributed by atoms with van der Waals surface area (Å²) in [5.41, 5.74) is -0.338. The summed E-state index contributed by atoms with van der Waals surface area (Å²) >= 11 is 0. The number of aromatic hydroxyl groups is 1. The number of non-ortho nitro benzene ring substituents is 1. The fourth-order valence-electron chi connectivity index (χ4n) is 2.13. The first-order chi connectivity index (χ1) is 11.9. The van der Waals surface area contributed by atoms with Gasteiger partial charge in [0.05, 0.1) is 35.7 Å². The highest BCUT2D eigenvalue weighted by Crippen LogP contribution is 2.36. The number of rotatable bonds is 6. The SMILES string of the molecule is COc1cc(/C=C/c2ccc([N+](=O)[O-])cc2[N+](=O)[O-])c(O)c(OC)c1. The molecule has 2 rings (SSSR count). The van der Waals surface area contributed by atoms with Crippen molar-refractivity contribution in [1.29, 1.82) is 0 Å². The van der Waals surface area contributed by atoms with Gasteiger partial charge in [-0.2, -0.15) is 0 Å². The number of methoxy groups -OCH3 is 2. The molecule has 0 atom stereocenters. The van der Waals surface area contributed by atoms with Gasteiger partial charge in [0.15, 0.2) is 11.5 Å². The second kappa shape index (κ2) is 7.30. The lowest BCUT2D eigenvalue weighted by Crippen LogP contribution is -1.95. The Balaban J connectivity index is 2.49. The first-order valence-corrected chi connectivity index (χ1v) is 6.93. The summed E-state index contributed by atoms with van der Waals surface area (Å²) in [4.78, 5) is 20.5. The van der Waals surface area contributed by atoms with Crippen LogP contribution in [-0.4, -0.2) is 29.2 Å². The van der Waals surface area contributed by atoms with E-state index in [0.29, 0.717) is 11.3 Å². The van der Waals surface area contributed by atoms with Gasteiger partial charge in [-0.3, -0.25) is 20.2 Å². The first-order valence-electron chi connectivity index (χ1n) is 6.93. The standard InChI is InChI=1S/C16H14N2O7/c1-24-13-7-11(16(19)15(9-13)25-2)4-3-10-5-6-12(17(20)21)8-14(10)18(22)23/h3-9,19H,1-2H3/b4-3+. The number of benzene rings is 2. The molecule has 0 fully saturated rings. The lowest BCUT2D eigenvalue weighted by molar-refractivity contribution is -0.394. The summed E-state index contributed by atoms with van der Waals surface area (Å²) in [7, 11) is 2.82. The Morgan fingerprint density at radius 2 is 1.64 bits per heavy atom. The van der Waals surface area contributed by atoms with Gasteiger partial charge < -0.3 is 14.6 Å². The average molecular weight is 346 g/mol. The van der Waals surface area contributed by atoms with Crippen molar-refractivity contribution in [2.75, 3.05) is 14.2 Å². The molecular formula is C16H14N2O7. The Bertz CT molecular complexity index is 862. The van der Waals surface area contributed by atoms with Gasteiger partial charge in [0.1, 0.15) is 5.75 Å². The molecule has 9 nitrogen and oxygen atoms in total. The monoisotopic (exact) mass is 346 g/mol. The minimum Gasteiger partial charge on any atom is -0.504 e. The van der Waals surface area contributed by atoms with Crippen LogP contribution in [0.5, 0.6) is 17.2 Å². The molecule has 0 unspecified atom stereocenters. The Hall–Kier alpha value is -3.62. The molecule has 9 heteroatoms. The highest BCUT2D eigenvalue weighted by molar-refractivity contribution is 5.78. The molecule has 0 heterocycles. The largest absolute Gasteiger partial charge is 0.504 e. The van der Waals surface area contributed by atoms with Crippen molar-refractivity contribution >= 4 is 23.5 Å². The van der Waals surface area contributed by atoms with Crippen LogP contribution in [0.25, 0.3) is 12.2 Å². The number of hydrogen-bond donors (Lipinski definition) is 1. The van der Waals surface area contributed by atoms with E-state index >= 15 is 0 Å². The average Bonchev–Trinajstić information content (AvgIpc) is 2.60. The highest BCUT2D eigenvalue weighted by atomic mass is 16.6. The summed E-state index contributed by atoms with van der Waals surface area (Å²) < 4.78 is 10.1. The number of ether oxygens (including phenoxy) is 2. The third kappa shape index (κ3) is 3.83. The molecule has 0 spiro atoms. The summed E-state index contributed by atoms with van der Waals surface area (Å²) in [5.74, 6) is 0.439. The van der Waals surface area contributed by atoms with Gasteiger partial charge in [-0.1, -0.05) is 6.08 Å². The molecule has 0 saturated heterocycles. The summed E-state index contributed by atoms with van der Waals surface area (Å²) in [6, 6.07) is 6.32. The Labute approximate surface area is 142 Å². The van der Waals surface area contributed by atoms with Crippen LogP contribution in [-0.2, 0) is 0 Å². The third-order valence-corrected chi connectivity index (χ3v) is 3.40. The smallest absolute Gasteiger partial charge is 0.283 e. The van der Waals surface area contributed by atoms with Crippen LogP contribution in [0, 0.1) is 20.2 Å². The van der Waals surface area contributed by atoms with E-state index in [-0.39, 0.29) is 22.7 Å². The van der Waals surface area contributed by atoms with Crippen molar-refractivity contribution < 1.29 is 24.4 Å². The van der Waals surface area contributed by atoms with Gasteiger partial charge in [0, 0.05) is 17.7 Å². The number of nitrogens with zero attached hydrogens (tertiary/aromatic N) is 2. The molecule has 0 aromatic heterocycles. The van der Waals surface area contributed by atoms with Crippen LogP contribution in [0.4, 0.5) is 11.4 Å². The molecule has 1 N–H and O–H groups in total. The minimum atomic E-state index is -0.710. The zero-order chi connectivity index (χ0) is 18.6. The summed E-state index contributed by atoms with van der Waals surface area (Å²) in [6.07, 6.45) is 2.80. The zero-order valence-corrected chi connectivity index (χ0v) is 13.3. The molecule has 130 valence electrons. The predicted molar refractivity (Wildman–Crippen MR) is 89.9 cm³/mol. The molecule has 0 saturated carbocycles. The van der Waals surface area contributed by atoms with E-state index in [0.717, 1.165) is 6.07 Å². The maximum atomic E-state index is 11.1. The number of phenols is 1. The molecule has 0 aliphatic carbocycles. The number of nitro benzene ring substituents is 2. The molecule has 0 amide bonds. The predicted octanol–water partition coefficient (Wildman–Crippen LogP) is 3.40. The van der Waals surface area contributed by atoms with Gasteiger partial charge >= 0.3 is 0 Å². The second-order valence-electron chi connectivity index (χ2n) is 4.86. The maximum Gasteiger partial charge on any atom is 0.283 e. The Morgan fingerprint density at radius 3 is 2.20 bits per heavy atom. The fraction of sp³-hybridized carbons (Fsp3) is 0.125. The number of phenolic OH excluding ortho intramolecular Hbond substituents is 1. The van der Waals surface area contributed by atoms with Crippen molar-refractivity contribution in [3.63, 3.8) is 0 Å². The quantitative estimate of drug-likeness (QED) is 0.482. The molecule has 0 bridgehead atoms. The van der Waals surface area contributed by atoms with Crippen LogP contribution in [0.3, 0.4) is 0 Å². The van der Waals surface area contributed by atoms with E-state index in [4.69, 9.17) is 9.47 Å². The van der Waals surface area contributed by atoms with Crippen LogP contribution in [0.15, 0.2) is 30.3 Å². The van der Waals surface area contributed by atoms with Crippen LogP contribution in [0.1, 0.15) is 11.1 Å². The van der Waals surface area contributed by atoms with Crippen molar-refractivity contribution in [3.8, 4) is 17.2 Å². The lowest BCUT2D eigenvalue weighted by atomic mass is 10.1. The first kappa shape index (κ1) is 17.7. The van der Waals surface area contributed by atoms with Gasteiger partial charge in [-0.05, 0) is 18.2 Å². The highest BCUT2D eigenvalue weighted by Gasteiger charge is 2.18. The van der Waals surface area contributed by atoms with Crippen LogP contribution < -0.4 is 9.47 Å². The van der Waals surface area contributed by atoms with Crippen molar-refractivity contribution in [2.45, 2.75) is 0 Å². The Kier molecular flexibility index (Phi) is 5.18. The van der Waals surface area contributed by atoms with Gasteiger partial charge in [0.2, 0.25) is 0 Å². The molecule has 2 aromatic rings. The zero-order valence-electron chi connectivity index (χ0n) is 13.3. The maximum absolute atomic E-state index is 11.1. The van der Waals surface area contributed by atoms with E-state index in [1.165, 1.54) is 50.6 Å². The topological polar surface area (TPSA) is 125 Å². The van der Waals surface area contributed by atoms with E-state index in [1.54, 1.807) is 0 Å². The molecule has 25 heavy (non-hydrogen) atoms. The Morgan fingerprint density at radius 1 is 0.960 bits per heavy atom. The summed E-state index contributed by atoms with van der Waals surface area (Å²) in [5, 5.41) is 32.0. The van der Waals surface area contributed by atoms with Gasteiger partial charge in [-0.25, -0.2) is 0 Å². The molecule has 0 radical (unpaired) electrons. The molecule has 2 aromatic carbocycles. The number of hydrogen-bond acceptors (Lipinski definition) is 7.